The van der Waals surface area contributed by atoms with Gasteiger partial charge in [0, 0.05) is 32.1 Å². The van der Waals surface area contributed by atoms with Gasteiger partial charge in [-0.2, -0.15) is 57.1 Å². The van der Waals surface area contributed by atoms with Gasteiger partial charge in [0.1, 0.15) is 0 Å². The number of nitrogens with one attached hydrogen (secondary N) is 1. The number of carboxylic acids is 1. The highest BCUT2D eigenvalue weighted by Gasteiger charge is 2.90. The van der Waals surface area contributed by atoms with Crippen LogP contribution in [0.25, 0.3) is 0 Å². The van der Waals surface area contributed by atoms with E-state index in [-0.39, 0.29) is 19.8 Å². The Kier molecular flexibility index (Phi) is 18.7. The maximum absolute atomic E-state index is 13.4. The van der Waals surface area contributed by atoms with Crippen molar-refractivity contribution in [3.63, 3.8) is 0 Å². The average molecular weight is 628 g/mol. The molecule has 0 bridgehead atoms. The Bertz CT molecular complexity index is 732. The summed E-state index contributed by atoms with van der Waals surface area (Å²) in [5.74, 6) is -40.7. The molecule has 0 amide bonds. The van der Waals surface area contributed by atoms with Crippen LogP contribution in [-0.2, 0) is 14.3 Å². The summed E-state index contributed by atoms with van der Waals surface area (Å²) in [6.45, 7) is 1.48. The van der Waals surface area contributed by atoms with Crippen LogP contribution in [0.2, 0.25) is 0 Å². The number of ether oxygens (including phenoxy) is 1. The summed E-state index contributed by atoms with van der Waals surface area (Å²) in [6, 6.07) is 0. The quantitative estimate of drug-likeness (QED) is 0.123. The van der Waals surface area contributed by atoms with Crippen LogP contribution in [0.15, 0.2) is 0 Å². The van der Waals surface area contributed by atoms with Crippen LogP contribution in [0.5, 0.6) is 0 Å². The predicted octanol–water partition coefficient (Wildman–Crippen LogP) is 2.14. The Morgan fingerprint density at radius 3 is 1.48 bits per heavy atom. The molecule has 0 rings (SSSR count). The van der Waals surface area contributed by atoms with E-state index in [4.69, 9.17) is 15.3 Å². The Balaban J connectivity index is -0.00000116. The number of esters is 1. The summed E-state index contributed by atoms with van der Waals surface area (Å²) < 4.78 is 170. The summed E-state index contributed by atoms with van der Waals surface area (Å²) in [7, 11) is 0. The summed E-state index contributed by atoms with van der Waals surface area (Å²) >= 11 is 0. The third-order valence-corrected chi connectivity index (χ3v) is 4.02. The lowest BCUT2D eigenvalue weighted by Gasteiger charge is -2.39. The number of carbonyl (C=O) groups excluding carboxylic acids is 2. The maximum atomic E-state index is 13.4. The molecule has 0 aliphatic heterocycles. The van der Waals surface area contributed by atoms with Crippen LogP contribution in [0.4, 0.5) is 57.1 Å². The maximum Gasteiger partial charge on any atom is 0.460 e. The molecule has 0 aliphatic carbocycles. The van der Waals surface area contributed by atoms with E-state index in [2.05, 4.69) is 10.1 Å². The van der Waals surface area contributed by atoms with Crippen LogP contribution in [0.3, 0.4) is 0 Å². The predicted molar refractivity (Wildman–Crippen MR) is 105 cm³/mol. The van der Waals surface area contributed by atoms with Gasteiger partial charge in [0.2, 0.25) is 0 Å². The number of aliphatic carboxylic acids is 1. The minimum Gasteiger partial charge on any atom is -0.550 e. The first kappa shape index (κ1) is 42.3. The number of hydrogen-bond donors (Lipinski definition) is 4. The van der Waals surface area contributed by atoms with Gasteiger partial charge < -0.3 is 35.3 Å². The fourth-order valence-corrected chi connectivity index (χ4v) is 1.98. The van der Waals surface area contributed by atoms with E-state index < -0.39 is 80.0 Å². The molecule has 0 radical (unpaired) electrons. The summed E-state index contributed by atoms with van der Waals surface area (Å²) in [4.78, 5) is 21.0. The molecule has 21 heteroatoms. The first-order valence-electron chi connectivity index (χ1n) is 10.7. The van der Waals surface area contributed by atoms with Crippen molar-refractivity contribution in [2.75, 3.05) is 39.5 Å². The van der Waals surface area contributed by atoms with E-state index >= 15 is 0 Å². The standard InChI is InChI=1S/C13H11F13O4.C4H11NO2.C2H6O/c14-8(15,4-5-30-7(29)3-1-2-6(27)28)9(16,17)10(18,19)11(20,21)12(22,23)13(24,25)26;6-3-1-5-2-4-7;1-2-3/h1-5H2,(H,27,28);5-7H,1-4H2;3H,2H2,1H3/p-1. The van der Waals surface area contributed by atoms with Gasteiger partial charge in [-0.25, -0.2) is 0 Å². The molecule has 0 unspecified atom stereocenters. The fourth-order valence-electron chi connectivity index (χ4n) is 1.98. The molecule has 0 heterocycles. The molecular formula is C19H27F13NO7-. The lowest BCUT2D eigenvalue weighted by atomic mass is 9.93. The molecule has 242 valence electrons. The van der Waals surface area contributed by atoms with E-state index in [1.54, 1.807) is 6.92 Å². The number of aliphatic hydroxyl groups excluding tert-OH is 3. The van der Waals surface area contributed by atoms with Gasteiger partial charge in [-0.3, -0.25) is 4.79 Å². The Labute approximate surface area is 218 Å². The second-order valence-corrected chi connectivity index (χ2v) is 7.21. The molecule has 0 aromatic carbocycles. The molecular weight excluding hydrogens is 601 g/mol. The number of carbonyl (C=O) groups is 2. The first-order chi connectivity index (χ1) is 17.9. The number of alkyl halides is 13. The van der Waals surface area contributed by atoms with Crippen molar-refractivity contribution in [3.05, 3.63) is 0 Å². The molecule has 8 nitrogen and oxygen atoms in total. The van der Waals surface area contributed by atoms with E-state index in [9.17, 15) is 71.8 Å². The fraction of sp³-hybridized carbons (Fsp3) is 0.895. The van der Waals surface area contributed by atoms with Crippen molar-refractivity contribution in [2.24, 2.45) is 0 Å². The highest BCUT2D eigenvalue weighted by Crippen LogP contribution is 2.60. The molecule has 0 aromatic heterocycles. The summed E-state index contributed by atoms with van der Waals surface area (Å²) in [5.41, 5.74) is 0. The van der Waals surface area contributed by atoms with Gasteiger partial charge in [-0.1, -0.05) is 0 Å². The van der Waals surface area contributed by atoms with Crippen molar-refractivity contribution in [2.45, 2.75) is 68.4 Å². The minimum atomic E-state index is -7.99. The Morgan fingerprint density at radius 2 is 1.12 bits per heavy atom. The Morgan fingerprint density at radius 1 is 0.725 bits per heavy atom. The van der Waals surface area contributed by atoms with E-state index in [1.165, 1.54) is 0 Å². The van der Waals surface area contributed by atoms with E-state index in [0.29, 0.717) is 13.1 Å². The molecule has 0 saturated heterocycles. The molecule has 0 spiro atoms. The van der Waals surface area contributed by atoms with Crippen LogP contribution < -0.4 is 10.4 Å². The van der Waals surface area contributed by atoms with Gasteiger partial charge in [0.05, 0.1) is 26.2 Å². The van der Waals surface area contributed by atoms with Gasteiger partial charge >= 0.3 is 41.8 Å². The highest BCUT2D eigenvalue weighted by molar-refractivity contribution is 5.70. The summed E-state index contributed by atoms with van der Waals surface area (Å²) in [6.07, 6.45) is -12.2. The van der Waals surface area contributed by atoms with Crippen molar-refractivity contribution < 1.29 is 91.8 Å². The topological polar surface area (TPSA) is 139 Å². The Hall–Kier alpha value is -2.13. The zero-order valence-corrected chi connectivity index (χ0v) is 20.5. The third-order valence-electron chi connectivity index (χ3n) is 4.02. The van der Waals surface area contributed by atoms with Crippen molar-refractivity contribution >= 4 is 11.9 Å². The van der Waals surface area contributed by atoms with Crippen LogP contribution >= 0.6 is 0 Å². The largest absolute Gasteiger partial charge is 0.550 e. The molecule has 0 aliphatic rings. The molecule has 4 N–H and O–H groups in total. The number of carboxylic acid groups (broad SMARTS) is 1. The minimum absolute atomic E-state index is 0.139. The molecule has 0 fully saturated rings. The SMILES string of the molecule is CCO.O=C([O-])CCCC(=O)OCCC(F)(F)C(F)(F)C(F)(F)C(F)(F)C(F)(F)C(F)(F)F.OCCNCCO. The van der Waals surface area contributed by atoms with Gasteiger partial charge in [0.25, 0.3) is 0 Å². The average Bonchev–Trinajstić information content (AvgIpc) is 2.78. The number of hydrogen-bond acceptors (Lipinski definition) is 8. The number of rotatable bonds is 15. The second kappa shape index (κ2) is 17.6. The van der Waals surface area contributed by atoms with Crippen LogP contribution in [0.1, 0.15) is 32.6 Å². The van der Waals surface area contributed by atoms with Gasteiger partial charge in [-0.05, 0) is 19.8 Å². The molecule has 40 heavy (non-hydrogen) atoms. The summed E-state index contributed by atoms with van der Waals surface area (Å²) in [5, 5.41) is 36.7. The van der Waals surface area contributed by atoms with Crippen LogP contribution in [0, 0.1) is 0 Å². The lowest BCUT2D eigenvalue weighted by Crippen LogP contribution is -2.70. The normalized spacial score (nSPS) is 13.0. The molecule has 0 saturated carbocycles. The second-order valence-electron chi connectivity index (χ2n) is 7.21. The van der Waals surface area contributed by atoms with Crippen molar-refractivity contribution in [3.8, 4) is 0 Å². The number of halogens is 13. The van der Waals surface area contributed by atoms with Crippen LogP contribution in [-0.4, -0.2) is 103 Å². The molecule has 0 aromatic rings. The van der Waals surface area contributed by atoms with Crippen molar-refractivity contribution in [1.29, 1.82) is 0 Å². The van der Waals surface area contributed by atoms with Gasteiger partial charge in [0.15, 0.2) is 0 Å². The van der Waals surface area contributed by atoms with E-state index in [1.807, 2.05) is 0 Å². The van der Waals surface area contributed by atoms with Gasteiger partial charge in [-0.15, -0.1) is 0 Å². The van der Waals surface area contributed by atoms with E-state index in [0.717, 1.165) is 0 Å². The monoisotopic (exact) mass is 628 g/mol. The highest BCUT2D eigenvalue weighted by atomic mass is 19.4. The zero-order valence-electron chi connectivity index (χ0n) is 20.5. The number of aliphatic hydroxyl groups is 3. The zero-order chi connectivity index (χ0) is 32.6. The third kappa shape index (κ3) is 12.2. The van der Waals surface area contributed by atoms with Crippen molar-refractivity contribution in [1.82, 2.24) is 5.32 Å². The smallest absolute Gasteiger partial charge is 0.460 e. The molecule has 0 atom stereocenters. The first-order valence-corrected chi connectivity index (χ1v) is 10.7. The lowest BCUT2D eigenvalue weighted by molar-refractivity contribution is -0.440.